The highest BCUT2D eigenvalue weighted by molar-refractivity contribution is 5.44. The van der Waals surface area contributed by atoms with Crippen LogP contribution < -0.4 is 4.74 Å². The molecule has 0 heterocycles. The fraction of sp³-hybridized carbons (Fsp3) is 0.538. The number of methoxy groups -OCH3 is 1. The summed E-state index contributed by atoms with van der Waals surface area (Å²) in [7, 11) is 1.44. The lowest BCUT2D eigenvalue weighted by Crippen LogP contribution is -2.11. The molecule has 1 atom stereocenters. The van der Waals surface area contributed by atoms with Crippen molar-refractivity contribution in [1.29, 1.82) is 0 Å². The first-order valence-corrected chi connectivity index (χ1v) is 5.64. The van der Waals surface area contributed by atoms with Crippen molar-refractivity contribution in [1.82, 2.24) is 0 Å². The number of ether oxygens (including phenoxy) is 1. The Labute approximate surface area is 104 Å². The molecule has 0 saturated carbocycles. The van der Waals surface area contributed by atoms with E-state index in [2.05, 4.69) is 0 Å². The average Bonchev–Trinajstić information content (AvgIpc) is 2.23. The molecule has 1 aromatic carbocycles. The van der Waals surface area contributed by atoms with Crippen LogP contribution in [-0.4, -0.2) is 18.4 Å². The van der Waals surface area contributed by atoms with Crippen molar-refractivity contribution in [3.63, 3.8) is 0 Å². The molecule has 5 heteroatoms. The van der Waals surface area contributed by atoms with Gasteiger partial charge in [-0.15, -0.1) is 0 Å². The molecule has 0 aliphatic heterocycles. The van der Waals surface area contributed by atoms with Crippen LogP contribution in [0.1, 0.15) is 35.6 Å². The molecule has 1 N–H and O–H groups in total. The first-order chi connectivity index (χ1) is 8.24. The van der Waals surface area contributed by atoms with E-state index in [4.69, 9.17) is 4.74 Å². The third kappa shape index (κ3) is 3.91. The second-order valence-electron chi connectivity index (χ2n) is 4.37. The van der Waals surface area contributed by atoms with Gasteiger partial charge < -0.3 is 9.84 Å². The topological polar surface area (TPSA) is 29.5 Å². The minimum absolute atomic E-state index is 0.357. The highest BCUT2D eigenvalue weighted by Crippen LogP contribution is 2.34. The molecule has 1 unspecified atom stereocenters. The Morgan fingerprint density at radius 3 is 2.39 bits per heavy atom. The van der Waals surface area contributed by atoms with E-state index in [9.17, 15) is 18.3 Å². The third-order valence-corrected chi connectivity index (χ3v) is 2.75. The fourth-order valence-electron chi connectivity index (χ4n) is 1.98. The van der Waals surface area contributed by atoms with Gasteiger partial charge in [-0.1, -0.05) is 6.07 Å². The molecule has 0 saturated heterocycles. The zero-order valence-electron chi connectivity index (χ0n) is 10.6. The lowest BCUT2D eigenvalue weighted by Gasteiger charge is -2.18. The van der Waals surface area contributed by atoms with Gasteiger partial charge in [0.2, 0.25) is 0 Å². The number of benzene rings is 1. The number of aliphatic hydroxyl groups excluding tert-OH is 1. The predicted molar refractivity (Wildman–Crippen MR) is 62.7 cm³/mol. The van der Waals surface area contributed by atoms with Gasteiger partial charge in [-0.05, 0) is 37.5 Å². The van der Waals surface area contributed by atoms with Crippen molar-refractivity contribution in [2.24, 2.45) is 0 Å². The Morgan fingerprint density at radius 2 is 1.89 bits per heavy atom. The SMILES string of the molecule is COc1cc(C)cc(C)c1C(O)CCC(F)(F)F. The fourth-order valence-corrected chi connectivity index (χ4v) is 1.98. The molecular weight excluding hydrogens is 245 g/mol. The summed E-state index contributed by atoms with van der Waals surface area (Å²) < 4.78 is 41.5. The smallest absolute Gasteiger partial charge is 0.389 e. The summed E-state index contributed by atoms with van der Waals surface area (Å²) in [4.78, 5) is 0. The molecular formula is C13H17F3O2. The zero-order valence-corrected chi connectivity index (χ0v) is 10.6. The second-order valence-corrected chi connectivity index (χ2v) is 4.37. The zero-order chi connectivity index (χ0) is 13.9. The Bertz CT molecular complexity index is 413. The minimum atomic E-state index is -4.26. The van der Waals surface area contributed by atoms with Gasteiger partial charge in [-0.2, -0.15) is 13.2 Å². The molecule has 0 fully saturated rings. The summed E-state index contributed by atoms with van der Waals surface area (Å²) >= 11 is 0. The van der Waals surface area contributed by atoms with Gasteiger partial charge in [-0.3, -0.25) is 0 Å². The molecule has 2 nitrogen and oxygen atoms in total. The Kier molecular flexibility index (Phi) is 4.62. The number of aliphatic hydroxyl groups is 1. The second kappa shape index (κ2) is 5.61. The monoisotopic (exact) mass is 262 g/mol. The van der Waals surface area contributed by atoms with E-state index in [0.717, 1.165) is 11.1 Å². The van der Waals surface area contributed by atoms with Gasteiger partial charge >= 0.3 is 6.18 Å². The van der Waals surface area contributed by atoms with E-state index in [1.807, 2.05) is 13.0 Å². The van der Waals surface area contributed by atoms with Crippen molar-refractivity contribution in [3.05, 3.63) is 28.8 Å². The van der Waals surface area contributed by atoms with E-state index in [-0.39, 0.29) is 6.42 Å². The Hall–Kier alpha value is -1.23. The normalized spacial score (nSPS) is 13.5. The van der Waals surface area contributed by atoms with Crippen molar-refractivity contribution < 1.29 is 23.0 Å². The highest BCUT2D eigenvalue weighted by atomic mass is 19.4. The van der Waals surface area contributed by atoms with Crippen LogP contribution in [0.2, 0.25) is 0 Å². The molecule has 18 heavy (non-hydrogen) atoms. The molecule has 1 aromatic rings. The quantitative estimate of drug-likeness (QED) is 0.896. The molecule has 0 spiro atoms. The van der Waals surface area contributed by atoms with Crippen molar-refractivity contribution >= 4 is 0 Å². The molecule has 0 aliphatic rings. The van der Waals surface area contributed by atoms with Crippen molar-refractivity contribution in [2.45, 2.75) is 39.0 Å². The molecule has 0 bridgehead atoms. The molecule has 0 aromatic heterocycles. The van der Waals surface area contributed by atoms with Crippen LogP contribution in [0.15, 0.2) is 12.1 Å². The highest BCUT2D eigenvalue weighted by Gasteiger charge is 2.29. The number of aryl methyl sites for hydroxylation is 2. The van der Waals surface area contributed by atoms with E-state index in [1.165, 1.54) is 7.11 Å². The summed E-state index contributed by atoms with van der Waals surface area (Å²) in [5.74, 6) is 0.433. The van der Waals surface area contributed by atoms with E-state index >= 15 is 0 Å². The van der Waals surface area contributed by atoms with Gasteiger partial charge in [0, 0.05) is 12.0 Å². The van der Waals surface area contributed by atoms with Crippen molar-refractivity contribution in [3.8, 4) is 5.75 Å². The minimum Gasteiger partial charge on any atom is -0.496 e. The molecule has 0 radical (unpaired) electrons. The van der Waals surface area contributed by atoms with Gasteiger partial charge in [0.1, 0.15) is 5.75 Å². The maximum absolute atomic E-state index is 12.1. The Morgan fingerprint density at radius 1 is 1.28 bits per heavy atom. The number of hydrogen-bond acceptors (Lipinski definition) is 2. The van der Waals surface area contributed by atoms with Gasteiger partial charge in [-0.25, -0.2) is 0 Å². The molecule has 0 amide bonds. The number of hydrogen-bond donors (Lipinski definition) is 1. The van der Waals surface area contributed by atoms with E-state index in [0.29, 0.717) is 11.3 Å². The van der Waals surface area contributed by atoms with Crippen LogP contribution in [-0.2, 0) is 0 Å². The van der Waals surface area contributed by atoms with Crippen LogP contribution in [0.3, 0.4) is 0 Å². The van der Waals surface area contributed by atoms with Crippen LogP contribution in [0.5, 0.6) is 5.75 Å². The summed E-state index contributed by atoms with van der Waals surface area (Å²) in [5, 5.41) is 9.89. The summed E-state index contributed by atoms with van der Waals surface area (Å²) in [6.45, 7) is 3.61. The van der Waals surface area contributed by atoms with E-state index in [1.54, 1.807) is 13.0 Å². The lowest BCUT2D eigenvalue weighted by atomic mass is 9.97. The van der Waals surface area contributed by atoms with Gasteiger partial charge in [0.15, 0.2) is 0 Å². The number of rotatable bonds is 4. The largest absolute Gasteiger partial charge is 0.496 e. The van der Waals surface area contributed by atoms with Crippen LogP contribution in [0.4, 0.5) is 13.2 Å². The van der Waals surface area contributed by atoms with Crippen LogP contribution in [0, 0.1) is 13.8 Å². The van der Waals surface area contributed by atoms with Gasteiger partial charge in [0.05, 0.1) is 13.2 Å². The maximum Gasteiger partial charge on any atom is 0.389 e. The van der Waals surface area contributed by atoms with Crippen LogP contribution in [0.25, 0.3) is 0 Å². The number of alkyl halides is 3. The summed E-state index contributed by atoms with van der Waals surface area (Å²) in [6.07, 6.45) is -6.79. The number of halogens is 3. The molecule has 1 rings (SSSR count). The molecule has 0 aliphatic carbocycles. The predicted octanol–water partition coefficient (Wildman–Crippen LogP) is 3.69. The van der Waals surface area contributed by atoms with Crippen LogP contribution >= 0.6 is 0 Å². The average molecular weight is 262 g/mol. The summed E-state index contributed by atoms with van der Waals surface area (Å²) in [5.41, 5.74) is 2.12. The lowest BCUT2D eigenvalue weighted by molar-refractivity contribution is -0.140. The first-order valence-electron chi connectivity index (χ1n) is 5.64. The standard InChI is InChI=1S/C13H17F3O2/c1-8-6-9(2)12(11(7-8)18-3)10(17)4-5-13(14,15)16/h6-7,10,17H,4-5H2,1-3H3. The van der Waals surface area contributed by atoms with Gasteiger partial charge in [0.25, 0.3) is 0 Å². The summed E-state index contributed by atoms with van der Waals surface area (Å²) in [6, 6.07) is 3.52. The maximum atomic E-state index is 12.1. The first kappa shape index (κ1) is 14.8. The third-order valence-electron chi connectivity index (χ3n) is 2.75. The molecule has 102 valence electrons. The Balaban J connectivity index is 2.94. The van der Waals surface area contributed by atoms with E-state index < -0.39 is 18.7 Å². The van der Waals surface area contributed by atoms with Crippen molar-refractivity contribution in [2.75, 3.05) is 7.11 Å².